The fourth-order valence-electron chi connectivity index (χ4n) is 5.65. The highest BCUT2D eigenvalue weighted by molar-refractivity contribution is 7.89. The number of carboxylic acids is 2. The largest absolute Gasteiger partial charge is 0.497 e. The van der Waals surface area contributed by atoms with E-state index in [1.165, 1.54) is 17.8 Å². The van der Waals surface area contributed by atoms with Gasteiger partial charge in [0.05, 0.1) is 18.6 Å². The van der Waals surface area contributed by atoms with Gasteiger partial charge in [0.2, 0.25) is 15.9 Å². The van der Waals surface area contributed by atoms with E-state index in [1.807, 2.05) is 11.9 Å². The molecule has 4 N–H and O–H groups in total. The van der Waals surface area contributed by atoms with Crippen LogP contribution < -0.4 is 4.74 Å². The molecular weight excluding hydrogens is 624 g/mol. The topological polar surface area (TPSA) is 198 Å². The first-order valence-corrected chi connectivity index (χ1v) is 16.6. The number of benzene rings is 1. The molecule has 0 spiro atoms. The third-order valence-electron chi connectivity index (χ3n) is 8.53. The summed E-state index contributed by atoms with van der Waals surface area (Å²) >= 11 is 0. The highest BCUT2D eigenvalue weighted by Crippen LogP contribution is 2.28. The van der Waals surface area contributed by atoms with Gasteiger partial charge in [-0.2, -0.15) is 4.31 Å². The monoisotopic (exact) mass is 674 g/mol. The summed E-state index contributed by atoms with van der Waals surface area (Å²) in [6.45, 7) is 8.21. The van der Waals surface area contributed by atoms with Gasteiger partial charge in [-0.05, 0) is 69.8 Å². The number of aliphatic carboxylic acids is 2. The summed E-state index contributed by atoms with van der Waals surface area (Å²) in [4.78, 5) is 39.4. The van der Waals surface area contributed by atoms with Crippen LogP contribution in [0.5, 0.6) is 5.75 Å². The molecule has 15 nitrogen and oxygen atoms in total. The molecule has 16 heteroatoms. The lowest BCUT2D eigenvalue weighted by molar-refractivity contribution is -0.165. The lowest BCUT2D eigenvalue weighted by atomic mass is 9.88. The first kappa shape index (κ1) is 39.3. The SMILES string of the molecule is COc1cc(C)c(S(=O)(=O)N(C)CCOCC(=O)N(C)[C@H]2CCC[C@@H](N3CCN(C)CC3)C2)c(C)c1.O=C(O)C(O)C(O)C(=O)O. The molecule has 0 bridgehead atoms. The Morgan fingerprint density at radius 3 is 2.02 bits per heavy atom. The van der Waals surface area contributed by atoms with Crippen LogP contribution in [0.3, 0.4) is 0 Å². The molecule has 3 rings (SSSR count). The van der Waals surface area contributed by atoms with E-state index in [2.05, 4.69) is 16.8 Å². The number of methoxy groups -OCH3 is 1. The van der Waals surface area contributed by atoms with Crippen LogP contribution in [-0.2, 0) is 29.1 Å². The average Bonchev–Trinajstić information content (AvgIpc) is 3.01. The third kappa shape index (κ3) is 10.9. The van der Waals surface area contributed by atoms with E-state index in [-0.39, 0.29) is 36.6 Å². The number of amides is 1. The number of ether oxygens (including phenoxy) is 2. The summed E-state index contributed by atoms with van der Waals surface area (Å²) in [6, 6.07) is 4.21. The number of hydrogen-bond acceptors (Lipinski definition) is 11. The second-order valence-electron chi connectivity index (χ2n) is 11.9. The van der Waals surface area contributed by atoms with Crippen molar-refractivity contribution in [1.82, 2.24) is 19.0 Å². The molecular formula is C30H50N4O11S. The summed E-state index contributed by atoms with van der Waals surface area (Å²) in [6.07, 6.45) is -0.170. The maximum absolute atomic E-state index is 13.1. The van der Waals surface area contributed by atoms with Gasteiger partial charge in [0.15, 0.2) is 12.2 Å². The Morgan fingerprint density at radius 2 is 1.52 bits per heavy atom. The van der Waals surface area contributed by atoms with E-state index < -0.39 is 34.2 Å². The Bertz CT molecular complexity index is 1250. The first-order valence-electron chi connectivity index (χ1n) is 15.2. The molecule has 1 saturated carbocycles. The maximum atomic E-state index is 13.1. The molecule has 2 unspecified atom stereocenters. The zero-order chi connectivity index (χ0) is 34.8. The minimum atomic E-state index is -3.69. The Morgan fingerprint density at radius 1 is 0.978 bits per heavy atom. The lowest BCUT2D eigenvalue weighted by Gasteiger charge is -2.43. The first-order chi connectivity index (χ1) is 21.5. The Kier molecular flexibility index (Phi) is 15.3. The Labute approximate surface area is 271 Å². The maximum Gasteiger partial charge on any atom is 0.335 e. The summed E-state index contributed by atoms with van der Waals surface area (Å²) in [5.41, 5.74) is 1.28. The van der Waals surface area contributed by atoms with Crippen molar-refractivity contribution in [2.45, 2.75) is 68.7 Å². The molecule has 1 aromatic rings. The minimum Gasteiger partial charge on any atom is -0.497 e. The van der Waals surface area contributed by atoms with Gasteiger partial charge >= 0.3 is 11.9 Å². The van der Waals surface area contributed by atoms with Crippen LogP contribution in [-0.4, -0.2) is 164 Å². The van der Waals surface area contributed by atoms with Gasteiger partial charge in [0.1, 0.15) is 12.4 Å². The fraction of sp³-hybridized carbons (Fsp3) is 0.700. The van der Waals surface area contributed by atoms with Crippen molar-refractivity contribution in [1.29, 1.82) is 0 Å². The molecule has 1 aliphatic carbocycles. The third-order valence-corrected chi connectivity index (χ3v) is 10.7. The van der Waals surface area contributed by atoms with Gasteiger partial charge < -0.3 is 39.7 Å². The highest BCUT2D eigenvalue weighted by Gasteiger charge is 2.32. The van der Waals surface area contributed by atoms with Crippen molar-refractivity contribution in [3.8, 4) is 5.75 Å². The van der Waals surface area contributed by atoms with E-state index in [0.717, 1.165) is 45.4 Å². The predicted molar refractivity (Wildman–Crippen MR) is 168 cm³/mol. The summed E-state index contributed by atoms with van der Waals surface area (Å²) in [5, 5.41) is 32.5. The number of hydrogen-bond donors (Lipinski definition) is 4. The molecule has 1 amide bonds. The van der Waals surface area contributed by atoms with E-state index in [0.29, 0.717) is 22.9 Å². The van der Waals surface area contributed by atoms with E-state index in [4.69, 9.17) is 29.9 Å². The molecule has 0 aromatic heterocycles. The van der Waals surface area contributed by atoms with Crippen LogP contribution in [0.1, 0.15) is 36.8 Å². The van der Waals surface area contributed by atoms with E-state index in [9.17, 15) is 22.8 Å². The number of carbonyl (C=O) groups excluding carboxylic acids is 1. The summed E-state index contributed by atoms with van der Waals surface area (Å²) < 4.78 is 38.4. The number of carboxylic acid groups (broad SMARTS) is 2. The zero-order valence-corrected chi connectivity index (χ0v) is 28.4. The summed E-state index contributed by atoms with van der Waals surface area (Å²) in [7, 11) is 3.45. The van der Waals surface area contributed by atoms with Crippen molar-refractivity contribution in [3.05, 3.63) is 23.3 Å². The van der Waals surface area contributed by atoms with Crippen LogP contribution in [0.25, 0.3) is 0 Å². The van der Waals surface area contributed by atoms with E-state index >= 15 is 0 Å². The number of aliphatic hydroxyl groups excluding tert-OH is 2. The van der Waals surface area contributed by atoms with Gasteiger partial charge in [-0.15, -0.1) is 0 Å². The molecule has 1 aromatic carbocycles. The van der Waals surface area contributed by atoms with E-state index in [1.54, 1.807) is 33.1 Å². The quantitative estimate of drug-likeness (QED) is 0.202. The number of aliphatic hydroxyl groups is 2. The van der Waals surface area contributed by atoms with Crippen LogP contribution in [0.2, 0.25) is 0 Å². The smallest absolute Gasteiger partial charge is 0.335 e. The fourth-order valence-corrected chi connectivity index (χ4v) is 7.21. The van der Waals surface area contributed by atoms with Crippen molar-refractivity contribution in [2.24, 2.45) is 0 Å². The molecule has 1 heterocycles. The van der Waals surface area contributed by atoms with Crippen molar-refractivity contribution in [3.63, 3.8) is 0 Å². The lowest BCUT2D eigenvalue weighted by Crippen LogP contribution is -2.52. The number of rotatable bonds is 13. The Hall–Kier alpha value is -2.86. The molecule has 2 aliphatic rings. The molecule has 1 aliphatic heterocycles. The van der Waals surface area contributed by atoms with Crippen molar-refractivity contribution in [2.75, 3.05) is 74.2 Å². The van der Waals surface area contributed by atoms with Gasteiger partial charge in [-0.1, -0.05) is 0 Å². The Balaban J connectivity index is 0.000000634. The van der Waals surface area contributed by atoms with Crippen molar-refractivity contribution < 1.29 is 52.7 Å². The van der Waals surface area contributed by atoms with Crippen molar-refractivity contribution >= 4 is 27.9 Å². The molecule has 0 radical (unpaired) electrons. The van der Waals surface area contributed by atoms with Crippen LogP contribution >= 0.6 is 0 Å². The number of carbonyl (C=O) groups is 3. The van der Waals surface area contributed by atoms with Gasteiger partial charge in [-0.3, -0.25) is 9.69 Å². The minimum absolute atomic E-state index is 0.0410. The number of nitrogens with zero attached hydrogens (tertiary/aromatic N) is 4. The molecule has 262 valence electrons. The molecule has 4 atom stereocenters. The second kappa shape index (κ2) is 17.9. The number of likely N-dealkylation sites (N-methyl/N-ethyl adjacent to an activating group) is 3. The highest BCUT2D eigenvalue weighted by atomic mass is 32.2. The number of piperazine rings is 1. The van der Waals surface area contributed by atoms with Gasteiger partial charge in [0.25, 0.3) is 0 Å². The predicted octanol–water partition coefficient (Wildman–Crippen LogP) is -0.156. The normalized spacial score (nSPS) is 20.7. The standard InChI is InChI=1S/C26H44N4O5S.C4H6O6/c1-20-16-24(34-6)17-21(2)26(20)36(32,33)28(4)14-15-35-19-25(31)29(5)22-8-7-9-23(18-22)30-12-10-27(3)11-13-30;5-1(3(7)8)2(6)4(9)10/h16-17,22-23H,7-15,18-19H2,1-6H3;1-2,5-6H,(H,7,8)(H,9,10)/t22-,23+;/m0./s1. The zero-order valence-electron chi connectivity index (χ0n) is 27.6. The molecule has 2 fully saturated rings. The van der Waals surface area contributed by atoms with Gasteiger partial charge in [-0.25, -0.2) is 18.0 Å². The van der Waals surface area contributed by atoms with Crippen LogP contribution in [0.4, 0.5) is 0 Å². The molecule has 1 saturated heterocycles. The van der Waals surface area contributed by atoms with Crippen LogP contribution in [0, 0.1) is 13.8 Å². The average molecular weight is 675 g/mol. The van der Waals surface area contributed by atoms with Crippen LogP contribution in [0.15, 0.2) is 17.0 Å². The molecule has 46 heavy (non-hydrogen) atoms. The summed E-state index contributed by atoms with van der Waals surface area (Å²) in [5.74, 6) is -2.96. The number of sulfonamides is 1. The van der Waals surface area contributed by atoms with Gasteiger partial charge in [0, 0.05) is 58.9 Å². The number of aryl methyl sites for hydroxylation is 2. The second-order valence-corrected chi connectivity index (χ2v) is 13.8.